The Morgan fingerprint density at radius 3 is 1.67 bits per heavy atom. The van der Waals surface area contributed by atoms with E-state index in [9.17, 15) is 0 Å². The van der Waals surface area contributed by atoms with E-state index >= 15 is 0 Å². The Labute approximate surface area is 367 Å². The zero-order valence-electron chi connectivity index (χ0n) is 34.9. The SMILES string of the molecule is C=C/C=C(\C=C/C)n1c2ccccc2c2cc(-c3cc(-c4nc(-c5ccccc5)nc(-c5ccccc5)n4)c4c(c3)C(c3ccccc3)(c3ccccc3)c3ccccc3-4)ccc21. The van der Waals surface area contributed by atoms with E-state index in [4.69, 9.17) is 15.0 Å². The molecule has 0 amide bonds. The number of nitrogens with zero attached hydrogens (tertiary/aromatic N) is 4. The van der Waals surface area contributed by atoms with E-state index in [2.05, 4.69) is 200 Å². The maximum Gasteiger partial charge on any atom is 0.164 e. The monoisotopic (exact) mass is 806 g/mol. The van der Waals surface area contributed by atoms with Gasteiger partial charge in [0.1, 0.15) is 0 Å². The number of aromatic nitrogens is 4. The second-order valence-electron chi connectivity index (χ2n) is 15.9. The molecule has 2 heterocycles. The molecule has 298 valence electrons. The van der Waals surface area contributed by atoms with E-state index < -0.39 is 5.41 Å². The summed E-state index contributed by atoms with van der Waals surface area (Å²) >= 11 is 0. The lowest BCUT2D eigenvalue weighted by Gasteiger charge is -2.34. The Bertz CT molecular complexity index is 3300. The highest BCUT2D eigenvalue weighted by molar-refractivity contribution is 6.12. The van der Waals surface area contributed by atoms with Gasteiger partial charge in [-0.15, -0.1) is 0 Å². The number of benzene rings is 8. The van der Waals surface area contributed by atoms with Crippen LogP contribution < -0.4 is 0 Å². The fourth-order valence-corrected chi connectivity index (χ4v) is 9.77. The lowest BCUT2D eigenvalue weighted by atomic mass is 9.67. The van der Waals surface area contributed by atoms with Gasteiger partial charge >= 0.3 is 0 Å². The molecule has 4 heteroatoms. The van der Waals surface area contributed by atoms with Crippen LogP contribution in [-0.2, 0) is 5.41 Å². The van der Waals surface area contributed by atoms with Crippen molar-refractivity contribution in [3.8, 4) is 56.4 Å². The Morgan fingerprint density at radius 2 is 1.03 bits per heavy atom. The number of fused-ring (bicyclic) bond motifs is 6. The van der Waals surface area contributed by atoms with Gasteiger partial charge in [-0.3, -0.25) is 0 Å². The van der Waals surface area contributed by atoms with Crippen molar-refractivity contribution < 1.29 is 0 Å². The van der Waals surface area contributed by atoms with Crippen LogP contribution in [-0.4, -0.2) is 19.5 Å². The molecule has 0 fully saturated rings. The summed E-state index contributed by atoms with van der Waals surface area (Å²) in [4.78, 5) is 15.9. The molecular formula is C59H42N4. The maximum atomic E-state index is 5.38. The molecule has 0 saturated heterocycles. The molecule has 0 bridgehead atoms. The van der Waals surface area contributed by atoms with Gasteiger partial charge in [0.15, 0.2) is 17.5 Å². The van der Waals surface area contributed by atoms with Gasteiger partial charge < -0.3 is 4.57 Å². The molecule has 0 saturated carbocycles. The van der Waals surface area contributed by atoms with Crippen molar-refractivity contribution in [1.82, 2.24) is 19.5 Å². The first-order valence-electron chi connectivity index (χ1n) is 21.4. The fraction of sp³-hybridized carbons (Fsp3) is 0.0339. The highest BCUT2D eigenvalue weighted by Crippen LogP contribution is 2.59. The molecule has 10 aromatic rings. The fourth-order valence-electron chi connectivity index (χ4n) is 9.77. The number of allylic oxidation sites excluding steroid dienone is 5. The average Bonchev–Trinajstić information content (AvgIpc) is 3.85. The van der Waals surface area contributed by atoms with Gasteiger partial charge in [-0.05, 0) is 93.9 Å². The van der Waals surface area contributed by atoms with Gasteiger partial charge in [0.05, 0.1) is 16.4 Å². The normalized spacial score (nSPS) is 13.1. The Kier molecular flexibility index (Phi) is 9.40. The van der Waals surface area contributed by atoms with Crippen LogP contribution in [0.3, 0.4) is 0 Å². The van der Waals surface area contributed by atoms with Crippen LogP contribution in [0.15, 0.2) is 231 Å². The maximum absolute atomic E-state index is 5.38. The number of rotatable bonds is 9. The van der Waals surface area contributed by atoms with Crippen LogP contribution in [0.1, 0.15) is 29.2 Å². The third-order valence-corrected chi connectivity index (χ3v) is 12.4. The van der Waals surface area contributed by atoms with E-state index in [1.165, 1.54) is 33.0 Å². The van der Waals surface area contributed by atoms with Crippen LogP contribution in [0, 0.1) is 0 Å². The Morgan fingerprint density at radius 1 is 0.476 bits per heavy atom. The third-order valence-electron chi connectivity index (χ3n) is 12.4. The van der Waals surface area contributed by atoms with Gasteiger partial charge in [0, 0.05) is 33.2 Å². The number of hydrogen-bond donors (Lipinski definition) is 0. The minimum absolute atomic E-state index is 0.621. The molecule has 0 unspecified atom stereocenters. The summed E-state index contributed by atoms with van der Waals surface area (Å²) in [6, 6.07) is 71.5. The molecule has 63 heavy (non-hydrogen) atoms. The zero-order chi connectivity index (χ0) is 42.3. The van der Waals surface area contributed by atoms with E-state index in [0.29, 0.717) is 17.5 Å². The van der Waals surface area contributed by atoms with Gasteiger partial charge in [0.2, 0.25) is 0 Å². The van der Waals surface area contributed by atoms with Crippen molar-refractivity contribution in [2.45, 2.75) is 12.3 Å². The minimum Gasteiger partial charge on any atom is -0.309 e. The first-order valence-corrected chi connectivity index (χ1v) is 21.4. The van der Waals surface area contributed by atoms with Gasteiger partial charge in [-0.1, -0.05) is 189 Å². The minimum atomic E-state index is -0.645. The molecule has 0 spiro atoms. The summed E-state index contributed by atoms with van der Waals surface area (Å²) < 4.78 is 2.33. The molecule has 1 aliphatic rings. The summed E-state index contributed by atoms with van der Waals surface area (Å²) in [6.07, 6.45) is 8.14. The van der Waals surface area contributed by atoms with Crippen LogP contribution in [0.4, 0.5) is 0 Å². The van der Waals surface area contributed by atoms with Crippen LogP contribution in [0.2, 0.25) is 0 Å². The smallest absolute Gasteiger partial charge is 0.164 e. The quantitative estimate of drug-likeness (QED) is 0.136. The van der Waals surface area contributed by atoms with Gasteiger partial charge in [-0.25, -0.2) is 15.0 Å². The standard InChI is InChI=1S/C59H42N4/c1-3-21-46(22-4-2)63-53-34-20-18-31-47(53)49-37-42(35-36-54(49)63)43-38-50(58-61-56(40-23-9-5-10-24-40)60-57(62-58)41-25-11-6-12-26-41)55-48-32-17-19-33-51(48)59(52(55)39-43,44-27-13-7-14-28-44)45-29-15-8-16-30-45/h3-39H,1H2,2H3/b22-4-,46-21+. The molecule has 0 N–H and O–H groups in total. The molecule has 0 aliphatic heterocycles. The predicted octanol–water partition coefficient (Wildman–Crippen LogP) is 14.6. The van der Waals surface area contributed by atoms with Crippen molar-refractivity contribution in [3.63, 3.8) is 0 Å². The van der Waals surface area contributed by atoms with E-state index in [1.807, 2.05) is 42.5 Å². The number of para-hydroxylation sites is 1. The van der Waals surface area contributed by atoms with Gasteiger partial charge in [-0.2, -0.15) is 0 Å². The lowest BCUT2D eigenvalue weighted by Crippen LogP contribution is -2.28. The molecular weight excluding hydrogens is 765 g/mol. The molecule has 4 nitrogen and oxygen atoms in total. The van der Waals surface area contributed by atoms with E-state index in [0.717, 1.165) is 55.7 Å². The molecule has 8 aromatic carbocycles. The van der Waals surface area contributed by atoms with Crippen molar-refractivity contribution >= 4 is 27.5 Å². The molecule has 0 atom stereocenters. The molecule has 11 rings (SSSR count). The Balaban J connectivity index is 1.27. The second kappa shape index (κ2) is 15.7. The predicted molar refractivity (Wildman–Crippen MR) is 261 cm³/mol. The highest BCUT2D eigenvalue weighted by Gasteiger charge is 2.47. The zero-order valence-corrected chi connectivity index (χ0v) is 34.9. The third kappa shape index (κ3) is 6.18. The van der Waals surface area contributed by atoms with Crippen LogP contribution >= 0.6 is 0 Å². The second-order valence-corrected chi connectivity index (χ2v) is 15.9. The Hall–Kier alpha value is -8.21. The summed E-state index contributed by atoms with van der Waals surface area (Å²) in [5.74, 6) is 1.87. The summed E-state index contributed by atoms with van der Waals surface area (Å²) in [5.41, 5.74) is 14.7. The molecule has 2 aromatic heterocycles. The van der Waals surface area contributed by atoms with E-state index in [-0.39, 0.29) is 0 Å². The molecule has 0 radical (unpaired) electrons. The van der Waals surface area contributed by atoms with Crippen molar-refractivity contribution in [2.24, 2.45) is 0 Å². The van der Waals surface area contributed by atoms with Gasteiger partial charge in [0.25, 0.3) is 0 Å². The highest BCUT2D eigenvalue weighted by atomic mass is 15.0. The van der Waals surface area contributed by atoms with Crippen molar-refractivity contribution in [1.29, 1.82) is 0 Å². The van der Waals surface area contributed by atoms with Crippen LogP contribution in [0.25, 0.3) is 83.9 Å². The largest absolute Gasteiger partial charge is 0.309 e. The molecule has 1 aliphatic carbocycles. The van der Waals surface area contributed by atoms with E-state index in [1.54, 1.807) is 0 Å². The van der Waals surface area contributed by atoms with Crippen molar-refractivity contribution in [3.05, 3.63) is 253 Å². The summed E-state index contributed by atoms with van der Waals surface area (Å²) in [6.45, 7) is 6.10. The first-order chi connectivity index (χ1) is 31.2. The van der Waals surface area contributed by atoms with Crippen LogP contribution in [0.5, 0.6) is 0 Å². The number of hydrogen-bond acceptors (Lipinski definition) is 3. The topological polar surface area (TPSA) is 43.6 Å². The lowest BCUT2D eigenvalue weighted by molar-refractivity contribution is 0.769. The summed E-state index contributed by atoms with van der Waals surface area (Å²) in [7, 11) is 0. The first kappa shape index (κ1) is 37.8. The summed E-state index contributed by atoms with van der Waals surface area (Å²) in [5, 5.41) is 2.35. The van der Waals surface area contributed by atoms with Crippen molar-refractivity contribution in [2.75, 3.05) is 0 Å². The average molecular weight is 807 g/mol.